The van der Waals surface area contributed by atoms with E-state index in [1.54, 1.807) is 6.92 Å². The second kappa shape index (κ2) is 6.79. The normalized spacial score (nSPS) is 15.3. The van der Waals surface area contributed by atoms with E-state index < -0.39 is 12.1 Å². The minimum absolute atomic E-state index is 0.213. The van der Waals surface area contributed by atoms with Crippen molar-refractivity contribution < 1.29 is 9.90 Å². The first-order chi connectivity index (χ1) is 6.52. The van der Waals surface area contributed by atoms with Gasteiger partial charge in [0.1, 0.15) is 0 Å². The van der Waals surface area contributed by atoms with Gasteiger partial charge in [0.25, 0.3) is 0 Å². The van der Waals surface area contributed by atoms with E-state index in [1.165, 1.54) is 0 Å². The fourth-order valence-corrected chi connectivity index (χ4v) is 1.37. The highest BCUT2D eigenvalue weighted by Gasteiger charge is 2.16. The Morgan fingerprint density at radius 3 is 2.29 bits per heavy atom. The predicted molar refractivity (Wildman–Crippen MR) is 56.7 cm³/mol. The molecule has 0 saturated heterocycles. The van der Waals surface area contributed by atoms with Gasteiger partial charge in [0.2, 0.25) is 5.91 Å². The zero-order valence-electron chi connectivity index (χ0n) is 9.29. The Kier molecular flexibility index (Phi) is 6.49. The predicted octanol–water partition coefficient (Wildman–Crippen LogP) is 0.247. The van der Waals surface area contributed by atoms with E-state index in [1.807, 2.05) is 13.8 Å². The summed E-state index contributed by atoms with van der Waals surface area (Å²) in [4.78, 5) is 11.1. The van der Waals surface area contributed by atoms with Crippen LogP contribution in [-0.4, -0.2) is 29.7 Å². The number of nitrogens with two attached hydrogens (primary N) is 1. The van der Waals surface area contributed by atoms with Gasteiger partial charge in [0.15, 0.2) is 0 Å². The molecule has 0 saturated carbocycles. The number of carbonyl (C=O) groups excluding carboxylic acids is 1. The first-order valence-corrected chi connectivity index (χ1v) is 5.24. The van der Waals surface area contributed by atoms with Crippen LogP contribution >= 0.6 is 0 Å². The summed E-state index contributed by atoms with van der Waals surface area (Å²) < 4.78 is 0. The van der Waals surface area contributed by atoms with Crippen molar-refractivity contribution in [2.75, 3.05) is 6.54 Å². The molecule has 14 heavy (non-hydrogen) atoms. The number of rotatable bonds is 6. The molecule has 0 aliphatic rings. The minimum Gasteiger partial charge on any atom is -0.391 e. The van der Waals surface area contributed by atoms with Crippen molar-refractivity contribution in [3.63, 3.8) is 0 Å². The van der Waals surface area contributed by atoms with Gasteiger partial charge in [-0.3, -0.25) is 4.79 Å². The molecule has 0 fully saturated rings. The third kappa shape index (κ3) is 4.58. The lowest BCUT2D eigenvalue weighted by Crippen LogP contribution is -2.43. The summed E-state index contributed by atoms with van der Waals surface area (Å²) in [5.41, 5.74) is 5.37. The average Bonchev–Trinajstić information content (AvgIpc) is 2.15. The molecule has 0 radical (unpaired) electrons. The number of hydrogen-bond acceptors (Lipinski definition) is 3. The third-order valence-electron chi connectivity index (χ3n) is 2.49. The molecule has 1 unspecified atom stereocenters. The van der Waals surface area contributed by atoms with E-state index in [0.29, 0.717) is 6.54 Å². The van der Waals surface area contributed by atoms with Gasteiger partial charge in [-0.15, -0.1) is 0 Å². The van der Waals surface area contributed by atoms with Gasteiger partial charge < -0.3 is 16.2 Å². The van der Waals surface area contributed by atoms with E-state index in [0.717, 1.165) is 12.8 Å². The summed E-state index contributed by atoms with van der Waals surface area (Å²) in [5, 5.41) is 12.3. The van der Waals surface area contributed by atoms with Crippen molar-refractivity contribution in [1.82, 2.24) is 5.32 Å². The topological polar surface area (TPSA) is 75.3 Å². The molecule has 4 nitrogen and oxygen atoms in total. The van der Waals surface area contributed by atoms with Crippen LogP contribution < -0.4 is 11.1 Å². The highest BCUT2D eigenvalue weighted by atomic mass is 16.3. The molecule has 0 aromatic carbocycles. The maximum Gasteiger partial charge on any atom is 0.236 e. The SMILES string of the molecule is CCC(CC)C(O)CNC(=O)[C@@H](C)N. The van der Waals surface area contributed by atoms with Crippen molar-refractivity contribution in [3.8, 4) is 0 Å². The van der Waals surface area contributed by atoms with Crippen LogP contribution in [0.4, 0.5) is 0 Å². The molecule has 0 aliphatic heterocycles. The fraction of sp³-hybridized carbons (Fsp3) is 0.900. The maximum atomic E-state index is 11.1. The number of aliphatic hydroxyl groups excluding tert-OH is 1. The van der Waals surface area contributed by atoms with Gasteiger partial charge in [-0.2, -0.15) is 0 Å². The molecule has 0 aromatic rings. The van der Waals surface area contributed by atoms with Crippen LogP contribution in [0.5, 0.6) is 0 Å². The molecule has 0 spiro atoms. The van der Waals surface area contributed by atoms with Crippen LogP contribution in [0.25, 0.3) is 0 Å². The third-order valence-corrected chi connectivity index (χ3v) is 2.49. The van der Waals surface area contributed by atoms with E-state index in [2.05, 4.69) is 5.32 Å². The highest BCUT2D eigenvalue weighted by Crippen LogP contribution is 2.11. The molecule has 0 rings (SSSR count). The summed E-state index contributed by atoms with van der Waals surface area (Å²) in [7, 11) is 0. The van der Waals surface area contributed by atoms with Gasteiger partial charge in [-0.1, -0.05) is 26.7 Å². The Balaban J connectivity index is 3.83. The number of hydrogen-bond donors (Lipinski definition) is 3. The Labute approximate surface area is 85.9 Å². The van der Waals surface area contributed by atoms with Gasteiger partial charge >= 0.3 is 0 Å². The van der Waals surface area contributed by atoms with Crippen LogP contribution in [0.3, 0.4) is 0 Å². The van der Waals surface area contributed by atoms with Crippen molar-refractivity contribution >= 4 is 5.91 Å². The van der Waals surface area contributed by atoms with E-state index in [4.69, 9.17) is 5.73 Å². The summed E-state index contributed by atoms with van der Waals surface area (Å²) >= 11 is 0. The monoisotopic (exact) mass is 202 g/mol. The Morgan fingerprint density at radius 1 is 1.43 bits per heavy atom. The van der Waals surface area contributed by atoms with Crippen LogP contribution in [-0.2, 0) is 4.79 Å². The van der Waals surface area contributed by atoms with Crippen LogP contribution in [0.2, 0.25) is 0 Å². The van der Waals surface area contributed by atoms with Crippen LogP contribution in [0, 0.1) is 5.92 Å². The summed E-state index contributed by atoms with van der Waals surface area (Å²) in [5.74, 6) is 0.0402. The van der Waals surface area contributed by atoms with Gasteiger partial charge in [-0.25, -0.2) is 0 Å². The smallest absolute Gasteiger partial charge is 0.236 e. The van der Waals surface area contributed by atoms with Crippen molar-refractivity contribution in [2.45, 2.75) is 45.8 Å². The Morgan fingerprint density at radius 2 is 1.93 bits per heavy atom. The summed E-state index contributed by atoms with van der Waals surface area (Å²) in [6.45, 7) is 5.99. The molecule has 2 atom stereocenters. The minimum atomic E-state index is -0.510. The molecule has 0 heterocycles. The van der Waals surface area contributed by atoms with E-state index >= 15 is 0 Å². The number of aliphatic hydroxyl groups is 1. The van der Waals surface area contributed by atoms with Crippen molar-refractivity contribution in [1.29, 1.82) is 0 Å². The molecule has 84 valence electrons. The Bertz CT molecular complexity index is 168. The number of nitrogens with one attached hydrogen (secondary N) is 1. The number of carbonyl (C=O) groups is 1. The number of amides is 1. The molecule has 0 bridgehead atoms. The lowest BCUT2D eigenvalue weighted by atomic mass is 9.96. The van der Waals surface area contributed by atoms with E-state index in [9.17, 15) is 9.90 Å². The molecular formula is C10H22N2O2. The summed E-state index contributed by atoms with van der Waals surface area (Å²) in [6.07, 6.45) is 1.38. The highest BCUT2D eigenvalue weighted by molar-refractivity contribution is 5.80. The molecule has 0 aliphatic carbocycles. The summed E-state index contributed by atoms with van der Waals surface area (Å²) in [6, 6.07) is -0.510. The van der Waals surface area contributed by atoms with Gasteiger partial charge in [0, 0.05) is 6.54 Å². The second-order valence-electron chi connectivity index (χ2n) is 3.68. The fourth-order valence-electron chi connectivity index (χ4n) is 1.37. The second-order valence-corrected chi connectivity index (χ2v) is 3.68. The van der Waals surface area contributed by atoms with Gasteiger partial charge in [-0.05, 0) is 12.8 Å². The maximum absolute atomic E-state index is 11.1. The largest absolute Gasteiger partial charge is 0.391 e. The molecule has 0 aromatic heterocycles. The van der Waals surface area contributed by atoms with Crippen molar-refractivity contribution in [3.05, 3.63) is 0 Å². The molecule has 4 N–H and O–H groups in total. The zero-order valence-corrected chi connectivity index (χ0v) is 9.29. The lowest BCUT2D eigenvalue weighted by molar-refractivity contribution is -0.122. The van der Waals surface area contributed by atoms with Gasteiger partial charge in [0.05, 0.1) is 12.1 Å². The quantitative estimate of drug-likeness (QED) is 0.578. The molecular weight excluding hydrogens is 180 g/mol. The Hall–Kier alpha value is -0.610. The van der Waals surface area contributed by atoms with E-state index in [-0.39, 0.29) is 11.8 Å². The van der Waals surface area contributed by atoms with Crippen LogP contribution in [0.15, 0.2) is 0 Å². The standard InChI is InChI=1S/C10H22N2O2/c1-4-8(5-2)9(13)6-12-10(14)7(3)11/h7-9,13H,4-6,11H2,1-3H3,(H,12,14)/t7-,9?/m1/s1. The first-order valence-electron chi connectivity index (χ1n) is 5.24. The lowest BCUT2D eigenvalue weighted by Gasteiger charge is -2.20. The van der Waals surface area contributed by atoms with Crippen LogP contribution in [0.1, 0.15) is 33.6 Å². The zero-order chi connectivity index (χ0) is 11.1. The average molecular weight is 202 g/mol. The van der Waals surface area contributed by atoms with Crippen molar-refractivity contribution in [2.24, 2.45) is 11.7 Å². The first kappa shape index (κ1) is 13.4. The molecule has 4 heteroatoms. The molecule has 1 amide bonds.